The van der Waals surface area contributed by atoms with Crippen LogP contribution in [0.25, 0.3) is 0 Å². The average Bonchev–Trinajstić information content (AvgIpc) is 2.82. The van der Waals surface area contributed by atoms with Gasteiger partial charge in [-0.2, -0.15) is 0 Å². The highest BCUT2D eigenvalue weighted by Gasteiger charge is 2.33. The van der Waals surface area contributed by atoms with Gasteiger partial charge in [0.25, 0.3) is 0 Å². The summed E-state index contributed by atoms with van der Waals surface area (Å²) in [5.41, 5.74) is 4.44. The van der Waals surface area contributed by atoms with E-state index in [9.17, 15) is 23.1 Å². The molecule has 1 aromatic carbocycles. The van der Waals surface area contributed by atoms with Crippen LogP contribution in [0.2, 0.25) is 0 Å². The highest BCUT2D eigenvalue weighted by atomic mass is 19.4. The lowest BCUT2D eigenvalue weighted by Gasteiger charge is -2.21. The van der Waals surface area contributed by atoms with E-state index >= 15 is 0 Å². The lowest BCUT2D eigenvalue weighted by molar-refractivity contribution is -0.274. The molecule has 0 aliphatic heterocycles. The van der Waals surface area contributed by atoms with E-state index in [2.05, 4.69) is 15.6 Å². The molecule has 8 heteroatoms. The number of carbonyl (C=O) groups is 1. The van der Waals surface area contributed by atoms with Crippen LogP contribution in [0.5, 0.6) is 5.75 Å². The SMILES string of the molecule is O=C(CC1(O)CCCC1)NNc1ccc(OC(F)(F)F)cc1. The summed E-state index contributed by atoms with van der Waals surface area (Å²) in [4.78, 5) is 11.7. The number of rotatable bonds is 5. The predicted molar refractivity (Wildman–Crippen MR) is 72.9 cm³/mol. The van der Waals surface area contributed by atoms with Crippen molar-refractivity contribution < 1.29 is 27.8 Å². The zero-order valence-corrected chi connectivity index (χ0v) is 11.7. The van der Waals surface area contributed by atoms with Gasteiger partial charge in [0.15, 0.2) is 0 Å². The molecule has 0 bridgehead atoms. The fraction of sp³-hybridized carbons (Fsp3) is 0.500. The number of hydrogen-bond acceptors (Lipinski definition) is 4. The minimum atomic E-state index is -4.74. The van der Waals surface area contributed by atoms with Crippen molar-refractivity contribution in [2.75, 3.05) is 5.43 Å². The number of aliphatic hydroxyl groups is 1. The third-order valence-corrected chi connectivity index (χ3v) is 3.46. The fourth-order valence-electron chi connectivity index (χ4n) is 2.43. The first-order chi connectivity index (χ1) is 10.3. The highest BCUT2D eigenvalue weighted by Crippen LogP contribution is 2.32. The van der Waals surface area contributed by atoms with Gasteiger partial charge in [-0.15, -0.1) is 13.2 Å². The second-order valence-corrected chi connectivity index (χ2v) is 5.35. The molecule has 1 aromatic rings. The fourth-order valence-corrected chi connectivity index (χ4v) is 2.43. The predicted octanol–water partition coefficient (Wildman–Crippen LogP) is 2.72. The number of ether oxygens (including phenoxy) is 1. The van der Waals surface area contributed by atoms with Crippen LogP contribution in [-0.4, -0.2) is 23.0 Å². The van der Waals surface area contributed by atoms with Crippen LogP contribution in [-0.2, 0) is 4.79 Å². The van der Waals surface area contributed by atoms with Crippen molar-refractivity contribution >= 4 is 11.6 Å². The van der Waals surface area contributed by atoms with Gasteiger partial charge in [-0.25, -0.2) is 0 Å². The first-order valence-electron chi connectivity index (χ1n) is 6.89. The number of hydrogen-bond donors (Lipinski definition) is 3. The van der Waals surface area contributed by atoms with Crippen molar-refractivity contribution in [2.45, 2.75) is 44.1 Å². The summed E-state index contributed by atoms with van der Waals surface area (Å²) in [6, 6.07) is 4.94. The Morgan fingerprint density at radius 1 is 1.23 bits per heavy atom. The molecule has 1 amide bonds. The maximum absolute atomic E-state index is 12.0. The first-order valence-corrected chi connectivity index (χ1v) is 6.89. The Bertz CT molecular complexity index is 511. The van der Waals surface area contributed by atoms with Gasteiger partial charge in [0, 0.05) is 0 Å². The molecule has 0 atom stereocenters. The largest absolute Gasteiger partial charge is 0.573 e. The standard InChI is InChI=1S/C14H17F3N2O3/c15-14(16,17)22-11-5-3-10(4-6-11)18-19-12(20)9-13(21)7-1-2-8-13/h3-6,18,21H,1-2,7-9H2,(H,19,20). The molecule has 1 saturated carbocycles. The highest BCUT2D eigenvalue weighted by molar-refractivity contribution is 5.78. The zero-order chi connectivity index (χ0) is 16.2. The van der Waals surface area contributed by atoms with Gasteiger partial charge in [0.05, 0.1) is 17.7 Å². The number of amides is 1. The van der Waals surface area contributed by atoms with E-state index in [1.54, 1.807) is 0 Å². The van der Waals surface area contributed by atoms with E-state index in [0.29, 0.717) is 18.5 Å². The van der Waals surface area contributed by atoms with Crippen LogP contribution in [0.3, 0.4) is 0 Å². The van der Waals surface area contributed by atoms with Gasteiger partial charge in [-0.1, -0.05) is 12.8 Å². The number of halogens is 3. The van der Waals surface area contributed by atoms with Crippen LogP contribution in [0.15, 0.2) is 24.3 Å². The molecule has 0 spiro atoms. The normalized spacial score (nSPS) is 17.1. The summed E-state index contributed by atoms with van der Waals surface area (Å²) in [6.07, 6.45) is -1.74. The first kappa shape index (κ1) is 16.4. The van der Waals surface area contributed by atoms with Crippen molar-refractivity contribution in [3.05, 3.63) is 24.3 Å². The number of nitrogens with one attached hydrogen (secondary N) is 2. The Morgan fingerprint density at radius 3 is 2.36 bits per heavy atom. The van der Waals surface area contributed by atoms with Gasteiger partial charge < -0.3 is 9.84 Å². The summed E-state index contributed by atoms with van der Waals surface area (Å²) in [6.45, 7) is 0. The second kappa shape index (κ2) is 6.43. The van der Waals surface area contributed by atoms with E-state index < -0.39 is 12.0 Å². The van der Waals surface area contributed by atoms with Crippen molar-refractivity contribution in [2.24, 2.45) is 0 Å². The molecule has 122 valence electrons. The average molecular weight is 318 g/mol. The third kappa shape index (κ3) is 5.10. The van der Waals surface area contributed by atoms with Gasteiger partial charge in [0.2, 0.25) is 5.91 Å². The van der Waals surface area contributed by atoms with Crippen molar-refractivity contribution in [1.29, 1.82) is 0 Å². The smallest absolute Gasteiger partial charge is 0.406 e. The molecule has 0 unspecified atom stereocenters. The van der Waals surface area contributed by atoms with Gasteiger partial charge in [0.1, 0.15) is 5.75 Å². The molecule has 1 aliphatic rings. The maximum atomic E-state index is 12.0. The summed E-state index contributed by atoms with van der Waals surface area (Å²) in [5, 5.41) is 10.1. The van der Waals surface area contributed by atoms with Gasteiger partial charge >= 0.3 is 6.36 Å². The third-order valence-electron chi connectivity index (χ3n) is 3.46. The Balaban J connectivity index is 1.80. The number of anilines is 1. The summed E-state index contributed by atoms with van der Waals surface area (Å²) >= 11 is 0. The molecule has 1 aliphatic carbocycles. The van der Waals surface area contributed by atoms with E-state index in [1.165, 1.54) is 12.1 Å². The van der Waals surface area contributed by atoms with E-state index in [1.807, 2.05) is 0 Å². The molecule has 0 heterocycles. The van der Waals surface area contributed by atoms with Crippen molar-refractivity contribution in [1.82, 2.24) is 5.43 Å². The molecule has 1 fully saturated rings. The molecule has 5 nitrogen and oxygen atoms in total. The minimum absolute atomic E-state index is 0.00469. The van der Waals surface area contributed by atoms with Crippen molar-refractivity contribution in [3.8, 4) is 5.75 Å². The minimum Gasteiger partial charge on any atom is -0.406 e. The molecule has 0 radical (unpaired) electrons. The van der Waals surface area contributed by atoms with E-state index in [4.69, 9.17) is 0 Å². The molecule has 0 saturated heterocycles. The van der Waals surface area contributed by atoms with Crippen LogP contribution in [0.1, 0.15) is 32.1 Å². The zero-order valence-electron chi connectivity index (χ0n) is 11.7. The Labute approximate surface area is 125 Å². The molecular formula is C14H17F3N2O3. The molecule has 3 N–H and O–H groups in total. The summed E-state index contributed by atoms with van der Waals surface area (Å²) in [7, 11) is 0. The monoisotopic (exact) mass is 318 g/mol. The van der Waals surface area contributed by atoms with Crippen LogP contribution >= 0.6 is 0 Å². The molecule has 22 heavy (non-hydrogen) atoms. The topological polar surface area (TPSA) is 70.6 Å². The second-order valence-electron chi connectivity index (χ2n) is 5.35. The number of carbonyl (C=O) groups excluding carboxylic acids is 1. The van der Waals surface area contributed by atoms with Gasteiger partial charge in [-0.05, 0) is 37.1 Å². The Morgan fingerprint density at radius 2 is 1.82 bits per heavy atom. The molecule has 0 aromatic heterocycles. The Kier molecular flexibility index (Phi) is 4.80. The Hall–Kier alpha value is -1.96. The lowest BCUT2D eigenvalue weighted by Crippen LogP contribution is -2.37. The molecule has 2 rings (SSSR count). The van der Waals surface area contributed by atoms with E-state index in [-0.39, 0.29) is 18.1 Å². The number of hydrazine groups is 1. The van der Waals surface area contributed by atoms with Crippen molar-refractivity contribution in [3.63, 3.8) is 0 Å². The van der Waals surface area contributed by atoms with Crippen LogP contribution in [0.4, 0.5) is 18.9 Å². The lowest BCUT2D eigenvalue weighted by atomic mass is 9.98. The summed E-state index contributed by atoms with van der Waals surface area (Å²) in [5.74, 6) is -0.718. The molecular weight excluding hydrogens is 301 g/mol. The maximum Gasteiger partial charge on any atom is 0.573 e. The van der Waals surface area contributed by atoms with Gasteiger partial charge in [-0.3, -0.25) is 15.6 Å². The quantitative estimate of drug-likeness (QED) is 0.730. The summed E-state index contributed by atoms with van der Waals surface area (Å²) < 4.78 is 39.8. The van der Waals surface area contributed by atoms with Crippen LogP contribution < -0.4 is 15.6 Å². The number of alkyl halides is 3. The van der Waals surface area contributed by atoms with E-state index in [0.717, 1.165) is 25.0 Å². The number of benzene rings is 1. The van der Waals surface area contributed by atoms with Crippen LogP contribution in [0, 0.1) is 0 Å².